The highest BCUT2D eigenvalue weighted by Crippen LogP contribution is 2.36. The molecule has 0 saturated carbocycles. The summed E-state index contributed by atoms with van der Waals surface area (Å²) in [5, 5.41) is 14.8. The lowest BCUT2D eigenvalue weighted by Crippen LogP contribution is -2.19. The molecular formula is C24H16ClF3N4S2. The second kappa shape index (κ2) is 10.4. The number of rotatable bonds is 5. The van der Waals surface area contributed by atoms with Crippen molar-refractivity contribution in [3.05, 3.63) is 95.5 Å². The third kappa shape index (κ3) is 6.25. The number of nitrogens with zero attached hydrogens (tertiary/aromatic N) is 2. The molecule has 10 heteroatoms. The van der Waals surface area contributed by atoms with Gasteiger partial charge >= 0.3 is 6.18 Å². The van der Waals surface area contributed by atoms with Gasteiger partial charge in [0.15, 0.2) is 5.11 Å². The fourth-order valence-corrected chi connectivity index (χ4v) is 4.17. The maximum absolute atomic E-state index is 13.0. The van der Waals surface area contributed by atoms with E-state index in [0.717, 1.165) is 27.2 Å². The third-order valence-corrected chi connectivity index (χ3v) is 6.04. The van der Waals surface area contributed by atoms with Crippen molar-refractivity contribution >= 4 is 52.1 Å². The molecule has 0 amide bonds. The average molecular weight is 517 g/mol. The summed E-state index contributed by atoms with van der Waals surface area (Å²) in [5.74, 6) is 0. The first-order valence-electron chi connectivity index (χ1n) is 9.90. The largest absolute Gasteiger partial charge is 0.417 e. The topological polar surface area (TPSA) is 49.8 Å². The molecule has 0 fully saturated rings. The van der Waals surface area contributed by atoms with Crippen LogP contribution >= 0.6 is 35.6 Å². The smallest absolute Gasteiger partial charge is 0.332 e. The summed E-state index contributed by atoms with van der Waals surface area (Å²) in [4.78, 5) is 0.943. The Morgan fingerprint density at radius 1 is 0.824 bits per heavy atom. The van der Waals surface area contributed by atoms with Gasteiger partial charge in [-0.3, -0.25) is 0 Å². The number of anilines is 2. The Morgan fingerprint density at radius 3 is 2.15 bits per heavy atom. The molecule has 0 spiro atoms. The van der Waals surface area contributed by atoms with E-state index < -0.39 is 11.7 Å². The number of thiocarbonyl (C=S) groups is 1. The molecular weight excluding hydrogens is 501 g/mol. The van der Waals surface area contributed by atoms with E-state index in [1.807, 2.05) is 66.7 Å². The second-order valence-corrected chi connectivity index (χ2v) is 8.93. The lowest BCUT2D eigenvalue weighted by atomic mass is 10.1. The van der Waals surface area contributed by atoms with E-state index >= 15 is 0 Å². The molecule has 0 atom stereocenters. The molecule has 2 N–H and O–H groups in total. The van der Waals surface area contributed by atoms with Crippen LogP contribution in [0.15, 0.2) is 94.9 Å². The Bertz CT molecular complexity index is 1280. The van der Waals surface area contributed by atoms with Gasteiger partial charge in [-0.2, -0.15) is 13.2 Å². The van der Waals surface area contributed by atoms with Crippen molar-refractivity contribution in [1.82, 2.24) is 10.2 Å². The van der Waals surface area contributed by atoms with Crippen molar-refractivity contribution in [2.75, 3.05) is 10.6 Å². The van der Waals surface area contributed by atoms with Crippen LogP contribution in [0, 0.1) is 0 Å². The highest BCUT2D eigenvalue weighted by Gasteiger charge is 2.33. The Hall–Kier alpha value is -3.14. The van der Waals surface area contributed by atoms with Crippen molar-refractivity contribution in [3.8, 4) is 11.3 Å². The predicted molar refractivity (Wildman–Crippen MR) is 134 cm³/mol. The summed E-state index contributed by atoms with van der Waals surface area (Å²) in [6.45, 7) is 0. The molecule has 4 nitrogen and oxygen atoms in total. The number of alkyl halides is 3. The number of aromatic nitrogens is 2. The molecule has 0 saturated heterocycles. The lowest BCUT2D eigenvalue weighted by Gasteiger charge is -2.14. The number of halogens is 4. The summed E-state index contributed by atoms with van der Waals surface area (Å²) in [5.41, 5.74) is 1.73. The van der Waals surface area contributed by atoms with Gasteiger partial charge in [-0.05, 0) is 66.8 Å². The van der Waals surface area contributed by atoms with Crippen LogP contribution < -0.4 is 10.6 Å². The fourth-order valence-electron chi connectivity index (χ4n) is 2.98. The molecule has 172 valence electrons. The molecule has 0 unspecified atom stereocenters. The van der Waals surface area contributed by atoms with Gasteiger partial charge in [-0.15, -0.1) is 10.2 Å². The molecule has 0 bridgehead atoms. The molecule has 4 aromatic rings. The van der Waals surface area contributed by atoms with Crippen LogP contribution in [-0.4, -0.2) is 15.3 Å². The molecule has 0 aliphatic heterocycles. The Kier molecular flexibility index (Phi) is 7.35. The first-order chi connectivity index (χ1) is 16.3. The lowest BCUT2D eigenvalue weighted by molar-refractivity contribution is -0.137. The number of hydrogen-bond acceptors (Lipinski definition) is 4. The van der Waals surface area contributed by atoms with Crippen molar-refractivity contribution in [2.24, 2.45) is 0 Å². The molecule has 1 heterocycles. The fraction of sp³-hybridized carbons (Fsp3) is 0.0417. The first kappa shape index (κ1) is 24.0. The summed E-state index contributed by atoms with van der Waals surface area (Å²) < 4.78 is 39.1. The maximum Gasteiger partial charge on any atom is 0.417 e. The van der Waals surface area contributed by atoms with Crippen LogP contribution in [0.5, 0.6) is 0 Å². The molecule has 3 aromatic carbocycles. The van der Waals surface area contributed by atoms with E-state index in [2.05, 4.69) is 20.8 Å². The standard InChI is InChI=1S/C24H16ClF3N4S2/c25-20-11-8-17(14-19(20)24(26,27)28)30-23(33)29-16-6-9-18(10-7-16)34-22-13-12-21(31-32-22)15-4-2-1-3-5-15/h1-14H,(H2,29,30,33). The van der Waals surface area contributed by atoms with Crippen molar-refractivity contribution in [3.63, 3.8) is 0 Å². The third-order valence-electron chi connectivity index (χ3n) is 4.57. The zero-order chi connectivity index (χ0) is 24.1. The van der Waals surface area contributed by atoms with E-state index in [1.54, 1.807) is 0 Å². The van der Waals surface area contributed by atoms with Crippen LogP contribution in [0.4, 0.5) is 24.5 Å². The molecule has 4 rings (SSSR count). The highest BCUT2D eigenvalue weighted by atomic mass is 35.5. The minimum absolute atomic E-state index is 0.151. The van der Waals surface area contributed by atoms with E-state index in [9.17, 15) is 13.2 Å². The Morgan fingerprint density at radius 2 is 1.50 bits per heavy atom. The van der Waals surface area contributed by atoms with Gasteiger partial charge in [0.25, 0.3) is 0 Å². The van der Waals surface area contributed by atoms with E-state index in [1.165, 1.54) is 23.9 Å². The normalized spacial score (nSPS) is 11.2. The monoisotopic (exact) mass is 516 g/mol. The quantitative estimate of drug-likeness (QED) is 0.264. The van der Waals surface area contributed by atoms with E-state index in [-0.39, 0.29) is 15.8 Å². The van der Waals surface area contributed by atoms with Crippen LogP contribution in [0.1, 0.15) is 5.56 Å². The number of nitrogens with one attached hydrogen (secondary N) is 2. The molecule has 0 radical (unpaired) electrons. The van der Waals surface area contributed by atoms with Crippen LogP contribution in [0.2, 0.25) is 5.02 Å². The molecule has 0 aliphatic rings. The molecule has 1 aromatic heterocycles. The van der Waals surface area contributed by atoms with Gasteiger partial charge < -0.3 is 10.6 Å². The van der Waals surface area contributed by atoms with Crippen LogP contribution in [0.25, 0.3) is 11.3 Å². The summed E-state index contributed by atoms with van der Waals surface area (Å²) in [6, 6.07) is 24.5. The Balaban J connectivity index is 1.35. The first-order valence-corrected chi connectivity index (χ1v) is 11.5. The minimum Gasteiger partial charge on any atom is -0.332 e. The van der Waals surface area contributed by atoms with Gasteiger partial charge in [0.1, 0.15) is 5.03 Å². The predicted octanol–water partition coefficient (Wildman–Crippen LogP) is 7.78. The van der Waals surface area contributed by atoms with Crippen molar-refractivity contribution in [1.29, 1.82) is 0 Å². The van der Waals surface area contributed by atoms with Crippen LogP contribution in [0.3, 0.4) is 0 Å². The summed E-state index contributed by atoms with van der Waals surface area (Å²) >= 11 is 12.3. The Labute approximate surface area is 208 Å². The molecule has 0 aliphatic carbocycles. The zero-order valence-corrected chi connectivity index (χ0v) is 19.7. The van der Waals surface area contributed by atoms with E-state index in [4.69, 9.17) is 23.8 Å². The van der Waals surface area contributed by atoms with Crippen LogP contribution in [-0.2, 0) is 6.18 Å². The minimum atomic E-state index is -4.55. The van der Waals surface area contributed by atoms with Crippen molar-refractivity contribution in [2.45, 2.75) is 16.1 Å². The summed E-state index contributed by atoms with van der Waals surface area (Å²) in [6.07, 6.45) is -4.55. The van der Waals surface area contributed by atoms with Gasteiger partial charge in [-0.1, -0.05) is 53.7 Å². The van der Waals surface area contributed by atoms with E-state index in [0.29, 0.717) is 5.69 Å². The molecule has 34 heavy (non-hydrogen) atoms. The SMILES string of the molecule is FC(F)(F)c1cc(NC(=S)Nc2ccc(Sc3ccc(-c4ccccc4)nn3)cc2)ccc1Cl. The zero-order valence-electron chi connectivity index (χ0n) is 17.3. The second-order valence-electron chi connectivity index (χ2n) is 7.02. The maximum atomic E-state index is 13.0. The average Bonchev–Trinajstić information content (AvgIpc) is 2.82. The number of hydrogen-bond donors (Lipinski definition) is 2. The van der Waals surface area contributed by atoms with Gasteiger partial charge in [-0.25, -0.2) is 0 Å². The van der Waals surface area contributed by atoms with Gasteiger partial charge in [0.2, 0.25) is 0 Å². The highest BCUT2D eigenvalue weighted by molar-refractivity contribution is 7.99. The number of benzene rings is 3. The summed E-state index contributed by atoms with van der Waals surface area (Å²) in [7, 11) is 0. The van der Waals surface area contributed by atoms with Crippen molar-refractivity contribution < 1.29 is 13.2 Å². The van der Waals surface area contributed by atoms with Gasteiger partial charge in [0, 0.05) is 21.8 Å². The van der Waals surface area contributed by atoms with Gasteiger partial charge in [0.05, 0.1) is 16.3 Å².